The van der Waals surface area contributed by atoms with Crippen LogP contribution in [0.3, 0.4) is 0 Å². The first-order chi connectivity index (χ1) is 10.6. The molecule has 1 aliphatic carbocycles. The molecule has 0 spiro atoms. The number of carbonyl (C=O) groups excluding carboxylic acids is 1. The van der Waals surface area contributed by atoms with Gasteiger partial charge >= 0.3 is 0 Å². The van der Waals surface area contributed by atoms with Crippen molar-refractivity contribution >= 4 is 5.91 Å². The lowest BCUT2D eigenvalue weighted by Gasteiger charge is -2.38. The molecule has 1 aromatic carbocycles. The van der Waals surface area contributed by atoms with E-state index in [0.29, 0.717) is 13.1 Å². The van der Waals surface area contributed by atoms with Crippen LogP contribution >= 0.6 is 0 Å². The second kappa shape index (κ2) is 7.73. The van der Waals surface area contributed by atoms with Crippen molar-refractivity contribution in [1.82, 2.24) is 10.6 Å². The van der Waals surface area contributed by atoms with E-state index < -0.39 is 0 Å². The fourth-order valence-corrected chi connectivity index (χ4v) is 3.44. The van der Waals surface area contributed by atoms with Gasteiger partial charge in [-0.2, -0.15) is 0 Å². The van der Waals surface area contributed by atoms with Gasteiger partial charge in [-0.15, -0.1) is 0 Å². The summed E-state index contributed by atoms with van der Waals surface area (Å²) >= 11 is 0. The summed E-state index contributed by atoms with van der Waals surface area (Å²) in [5.74, 6) is -0.189. The van der Waals surface area contributed by atoms with Gasteiger partial charge in [0.25, 0.3) is 0 Å². The third-order valence-corrected chi connectivity index (χ3v) is 4.81. The first-order valence-corrected chi connectivity index (χ1v) is 8.26. The fourth-order valence-electron chi connectivity index (χ4n) is 3.44. The molecule has 0 aromatic heterocycles. The van der Waals surface area contributed by atoms with Crippen LogP contribution in [0.5, 0.6) is 0 Å². The number of benzene rings is 1. The van der Waals surface area contributed by atoms with Crippen molar-refractivity contribution in [2.45, 2.75) is 44.4 Å². The normalized spacial score (nSPS) is 18.7. The minimum atomic E-state index is -0.197. The minimum absolute atomic E-state index is 0.0573. The molecule has 1 unspecified atom stereocenters. The molecule has 0 heterocycles. The lowest BCUT2D eigenvalue weighted by atomic mass is 9.69. The summed E-state index contributed by atoms with van der Waals surface area (Å²) < 4.78 is 13.6. The average molecular weight is 306 g/mol. The molecule has 122 valence electrons. The van der Waals surface area contributed by atoms with Gasteiger partial charge in [0, 0.05) is 24.4 Å². The molecule has 2 rings (SSSR count). The Kier molecular flexibility index (Phi) is 5.95. The smallest absolute Gasteiger partial charge is 0.224 e. The molecule has 4 heteroatoms. The van der Waals surface area contributed by atoms with Crippen LogP contribution in [0.4, 0.5) is 4.39 Å². The molecule has 1 aromatic rings. The molecule has 0 radical (unpaired) electrons. The molecular formula is C18H27FN2O. The molecule has 3 nitrogen and oxygen atoms in total. The number of hydrogen-bond donors (Lipinski definition) is 2. The Morgan fingerprint density at radius 3 is 2.68 bits per heavy atom. The molecule has 1 amide bonds. The second-order valence-electron chi connectivity index (χ2n) is 6.53. The van der Waals surface area contributed by atoms with Crippen LogP contribution < -0.4 is 10.6 Å². The van der Waals surface area contributed by atoms with E-state index in [2.05, 4.69) is 10.6 Å². The van der Waals surface area contributed by atoms with Crippen molar-refractivity contribution in [2.75, 3.05) is 20.1 Å². The van der Waals surface area contributed by atoms with Crippen molar-refractivity contribution < 1.29 is 9.18 Å². The molecule has 1 fully saturated rings. The van der Waals surface area contributed by atoms with Crippen LogP contribution in [-0.2, 0) is 10.2 Å². The number of carbonyl (C=O) groups is 1. The van der Waals surface area contributed by atoms with Crippen molar-refractivity contribution in [2.24, 2.45) is 5.92 Å². The monoisotopic (exact) mass is 306 g/mol. The van der Waals surface area contributed by atoms with E-state index in [9.17, 15) is 9.18 Å². The van der Waals surface area contributed by atoms with Gasteiger partial charge in [0.15, 0.2) is 0 Å². The lowest BCUT2D eigenvalue weighted by molar-refractivity contribution is -0.124. The van der Waals surface area contributed by atoms with Crippen LogP contribution in [0.2, 0.25) is 0 Å². The first kappa shape index (κ1) is 16.9. The summed E-state index contributed by atoms with van der Waals surface area (Å²) in [5.41, 5.74) is 0.906. The Morgan fingerprint density at radius 1 is 1.32 bits per heavy atom. The van der Waals surface area contributed by atoms with Gasteiger partial charge in [0.2, 0.25) is 5.91 Å². The molecular weight excluding hydrogens is 279 g/mol. The van der Waals surface area contributed by atoms with E-state index >= 15 is 0 Å². The van der Waals surface area contributed by atoms with Crippen molar-refractivity contribution in [3.05, 3.63) is 35.6 Å². The Hall–Kier alpha value is -1.42. The Balaban J connectivity index is 2.11. The number of hydrogen-bond acceptors (Lipinski definition) is 2. The number of halogens is 1. The van der Waals surface area contributed by atoms with E-state index in [1.54, 1.807) is 12.1 Å². The summed E-state index contributed by atoms with van der Waals surface area (Å²) in [6.45, 7) is 3.18. The third kappa shape index (κ3) is 4.07. The van der Waals surface area contributed by atoms with Gasteiger partial charge in [-0.3, -0.25) is 4.79 Å². The van der Waals surface area contributed by atoms with E-state index in [1.165, 1.54) is 12.5 Å². The molecule has 1 saturated carbocycles. The van der Waals surface area contributed by atoms with Crippen LogP contribution in [0.1, 0.15) is 44.6 Å². The summed E-state index contributed by atoms with van der Waals surface area (Å²) in [5, 5.41) is 6.12. The number of nitrogens with one attached hydrogen (secondary N) is 2. The van der Waals surface area contributed by atoms with Crippen molar-refractivity contribution in [1.29, 1.82) is 0 Å². The standard InChI is InChI=1S/C18H27FN2O/c1-14(12-20-2)17(22)21-13-18(9-4-3-5-10-18)15-7-6-8-16(19)11-15/h6-8,11,14,20H,3-5,9-10,12-13H2,1-2H3,(H,21,22). The molecule has 0 aliphatic heterocycles. The summed E-state index contributed by atoms with van der Waals surface area (Å²) in [6.07, 6.45) is 5.52. The van der Waals surface area contributed by atoms with E-state index in [0.717, 1.165) is 31.2 Å². The van der Waals surface area contributed by atoms with Gasteiger partial charge < -0.3 is 10.6 Å². The van der Waals surface area contributed by atoms with Gasteiger partial charge in [-0.25, -0.2) is 4.39 Å². The maximum absolute atomic E-state index is 13.6. The van der Waals surface area contributed by atoms with Gasteiger partial charge in [-0.05, 0) is 37.6 Å². The van der Waals surface area contributed by atoms with E-state index in [1.807, 2.05) is 20.0 Å². The minimum Gasteiger partial charge on any atom is -0.355 e. The summed E-state index contributed by atoms with van der Waals surface area (Å²) in [6, 6.07) is 6.88. The number of amides is 1. The first-order valence-electron chi connectivity index (χ1n) is 8.26. The third-order valence-electron chi connectivity index (χ3n) is 4.81. The van der Waals surface area contributed by atoms with Gasteiger partial charge in [0.1, 0.15) is 5.82 Å². The quantitative estimate of drug-likeness (QED) is 0.848. The Labute approximate surface area is 132 Å². The molecule has 0 bridgehead atoms. The zero-order valence-electron chi connectivity index (χ0n) is 13.6. The summed E-state index contributed by atoms with van der Waals surface area (Å²) in [7, 11) is 1.85. The highest BCUT2D eigenvalue weighted by molar-refractivity contribution is 5.78. The predicted octanol–water partition coefficient (Wildman–Crippen LogP) is 3.00. The molecule has 22 heavy (non-hydrogen) atoms. The maximum atomic E-state index is 13.6. The predicted molar refractivity (Wildman–Crippen MR) is 87.3 cm³/mol. The lowest BCUT2D eigenvalue weighted by Crippen LogP contribution is -2.44. The SMILES string of the molecule is CNCC(C)C(=O)NCC1(c2cccc(F)c2)CCCCC1. The highest BCUT2D eigenvalue weighted by Gasteiger charge is 2.34. The highest BCUT2D eigenvalue weighted by Crippen LogP contribution is 2.39. The molecule has 2 N–H and O–H groups in total. The zero-order valence-corrected chi connectivity index (χ0v) is 13.6. The average Bonchev–Trinajstić information content (AvgIpc) is 2.53. The van der Waals surface area contributed by atoms with Crippen LogP contribution in [0, 0.1) is 11.7 Å². The molecule has 0 saturated heterocycles. The van der Waals surface area contributed by atoms with E-state index in [4.69, 9.17) is 0 Å². The van der Waals surface area contributed by atoms with Crippen LogP contribution in [-0.4, -0.2) is 26.0 Å². The van der Waals surface area contributed by atoms with Crippen molar-refractivity contribution in [3.63, 3.8) is 0 Å². The maximum Gasteiger partial charge on any atom is 0.224 e. The highest BCUT2D eigenvalue weighted by atomic mass is 19.1. The van der Waals surface area contributed by atoms with Crippen LogP contribution in [0.25, 0.3) is 0 Å². The molecule has 1 atom stereocenters. The summed E-state index contributed by atoms with van der Waals surface area (Å²) in [4.78, 5) is 12.2. The van der Waals surface area contributed by atoms with Crippen molar-refractivity contribution in [3.8, 4) is 0 Å². The van der Waals surface area contributed by atoms with Gasteiger partial charge in [0.05, 0.1) is 0 Å². The van der Waals surface area contributed by atoms with E-state index in [-0.39, 0.29) is 23.1 Å². The Morgan fingerprint density at radius 2 is 2.05 bits per heavy atom. The zero-order chi connectivity index (χ0) is 16.0. The van der Waals surface area contributed by atoms with Crippen LogP contribution in [0.15, 0.2) is 24.3 Å². The molecule has 1 aliphatic rings. The van der Waals surface area contributed by atoms with Gasteiger partial charge in [-0.1, -0.05) is 38.3 Å². The fraction of sp³-hybridized carbons (Fsp3) is 0.611. The largest absolute Gasteiger partial charge is 0.355 e. The Bertz CT molecular complexity index is 498. The number of rotatable bonds is 6. The topological polar surface area (TPSA) is 41.1 Å². The second-order valence-corrected chi connectivity index (χ2v) is 6.53.